The third kappa shape index (κ3) is 4.25. The smallest absolute Gasteiger partial charge is 0.143 e. The number of imidazole rings is 1. The maximum absolute atomic E-state index is 10.9. The minimum atomic E-state index is -0.772. The number of hydrogen-bond donors (Lipinski definition) is 1. The zero-order valence-electron chi connectivity index (χ0n) is 16.4. The molecular weight excluding hydrogens is 364 g/mol. The van der Waals surface area contributed by atoms with E-state index in [2.05, 4.69) is 4.57 Å². The molecule has 1 heterocycles. The standard InChI is InChI=1S/C24H24N2O3/c1-28-19-12-14-20(15-13-19)29-17-7-16-26-22-11-6-5-10-21(22)25-24(26)23(27)18-8-3-2-4-9-18/h2-6,8-15,23,27H,7,16-17H2,1H3. The molecule has 0 amide bonds. The zero-order chi connectivity index (χ0) is 20.1. The predicted octanol–water partition coefficient (Wildman–Crippen LogP) is 4.60. The number of benzene rings is 3. The molecule has 1 N–H and O–H groups in total. The minimum absolute atomic E-state index is 0.569. The summed E-state index contributed by atoms with van der Waals surface area (Å²) in [5.41, 5.74) is 2.73. The summed E-state index contributed by atoms with van der Waals surface area (Å²) in [6.45, 7) is 1.27. The Morgan fingerprint density at radius 1 is 0.897 bits per heavy atom. The minimum Gasteiger partial charge on any atom is -0.497 e. The molecular formula is C24H24N2O3. The van der Waals surface area contributed by atoms with E-state index in [1.54, 1.807) is 7.11 Å². The Bertz CT molecular complexity index is 1060. The van der Waals surface area contributed by atoms with Gasteiger partial charge in [-0.15, -0.1) is 0 Å². The summed E-state index contributed by atoms with van der Waals surface area (Å²) in [5, 5.41) is 10.9. The molecule has 0 aliphatic carbocycles. The van der Waals surface area contributed by atoms with Crippen LogP contribution in [0.25, 0.3) is 11.0 Å². The molecule has 0 spiro atoms. The lowest BCUT2D eigenvalue weighted by Crippen LogP contribution is -2.12. The Hall–Kier alpha value is -3.31. The van der Waals surface area contributed by atoms with Crippen LogP contribution in [-0.2, 0) is 6.54 Å². The molecule has 0 saturated carbocycles. The quantitative estimate of drug-likeness (QED) is 0.448. The topological polar surface area (TPSA) is 56.5 Å². The second-order valence-corrected chi connectivity index (χ2v) is 6.80. The van der Waals surface area contributed by atoms with Gasteiger partial charge in [-0.05, 0) is 48.4 Å². The van der Waals surface area contributed by atoms with Crippen molar-refractivity contribution in [3.63, 3.8) is 0 Å². The van der Waals surface area contributed by atoms with Crippen molar-refractivity contribution in [2.45, 2.75) is 19.1 Å². The van der Waals surface area contributed by atoms with E-state index in [1.165, 1.54) is 0 Å². The van der Waals surface area contributed by atoms with Gasteiger partial charge >= 0.3 is 0 Å². The second-order valence-electron chi connectivity index (χ2n) is 6.80. The lowest BCUT2D eigenvalue weighted by molar-refractivity contribution is 0.203. The summed E-state index contributed by atoms with van der Waals surface area (Å²) >= 11 is 0. The average molecular weight is 388 g/mol. The third-order valence-electron chi connectivity index (χ3n) is 4.90. The van der Waals surface area contributed by atoms with E-state index >= 15 is 0 Å². The van der Waals surface area contributed by atoms with Gasteiger partial charge in [0.2, 0.25) is 0 Å². The number of aliphatic hydroxyl groups is 1. The molecule has 0 fully saturated rings. The van der Waals surface area contributed by atoms with Crippen molar-refractivity contribution >= 4 is 11.0 Å². The van der Waals surface area contributed by atoms with E-state index in [4.69, 9.17) is 14.5 Å². The number of aryl methyl sites for hydroxylation is 1. The van der Waals surface area contributed by atoms with Crippen molar-refractivity contribution in [2.75, 3.05) is 13.7 Å². The first-order valence-electron chi connectivity index (χ1n) is 9.71. The Morgan fingerprint density at radius 2 is 1.59 bits per heavy atom. The maximum atomic E-state index is 10.9. The van der Waals surface area contributed by atoms with Crippen LogP contribution in [0.4, 0.5) is 0 Å². The number of nitrogens with zero attached hydrogens (tertiary/aromatic N) is 2. The fraction of sp³-hybridized carbons (Fsp3) is 0.208. The van der Waals surface area contributed by atoms with Crippen LogP contribution in [-0.4, -0.2) is 28.4 Å². The Balaban J connectivity index is 1.49. The van der Waals surface area contributed by atoms with Crippen LogP contribution < -0.4 is 9.47 Å². The molecule has 0 saturated heterocycles. The van der Waals surface area contributed by atoms with Crippen LogP contribution in [0.15, 0.2) is 78.9 Å². The molecule has 1 unspecified atom stereocenters. The van der Waals surface area contributed by atoms with Gasteiger partial charge in [0.25, 0.3) is 0 Å². The molecule has 29 heavy (non-hydrogen) atoms. The molecule has 4 rings (SSSR count). The molecule has 5 nitrogen and oxygen atoms in total. The highest BCUT2D eigenvalue weighted by Crippen LogP contribution is 2.26. The average Bonchev–Trinajstić information content (AvgIpc) is 3.16. The highest BCUT2D eigenvalue weighted by molar-refractivity contribution is 5.76. The Morgan fingerprint density at radius 3 is 2.34 bits per heavy atom. The van der Waals surface area contributed by atoms with Gasteiger partial charge in [-0.3, -0.25) is 0 Å². The van der Waals surface area contributed by atoms with E-state index in [0.29, 0.717) is 19.0 Å². The van der Waals surface area contributed by atoms with E-state index in [0.717, 1.165) is 34.5 Å². The summed E-state index contributed by atoms with van der Waals surface area (Å²) in [4.78, 5) is 4.70. The molecule has 0 aliphatic rings. The van der Waals surface area contributed by atoms with Gasteiger partial charge in [0.1, 0.15) is 23.4 Å². The first-order valence-corrected chi connectivity index (χ1v) is 9.71. The fourth-order valence-corrected chi connectivity index (χ4v) is 3.41. The van der Waals surface area contributed by atoms with Gasteiger partial charge in [0, 0.05) is 6.54 Å². The van der Waals surface area contributed by atoms with Crippen LogP contribution in [0.3, 0.4) is 0 Å². The van der Waals surface area contributed by atoms with E-state index in [9.17, 15) is 5.11 Å². The molecule has 4 aromatic rings. The van der Waals surface area contributed by atoms with Crippen LogP contribution in [0.1, 0.15) is 23.9 Å². The normalized spacial score (nSPS) is 12.1. The van der Waals surface area contributed by atoms with E-state index < -0.39 is 6.10 Å². The van der Waals surface area contributed by atoms with Crippen molar-refractivity contribution < 1.29 is 14.6 Å². The number of methoxy groups -OCH3 is 1. The van der Waals surface area contributed by atoms with Gasteiger partial charge in [-0.1, -0.05) is 42.5 Å². The number of para-hydroxylation sites is 2. The third-order valence-corrected chi connectivity index (χ3v) is 4.90. The van der Waals surface area contributed by atoms with Crippen LogP contribution in [0.2, 0.25) is 0 Å². The maximum Gasteiger partial charge on any atom is 0.143 e. The van der Waals surface area contributed by atoms with Crippen molar-refractivity contribution in [2.24, 2.45) is 0 Å². The van der Waals surface area contributed by atoms with Crippen molar-refractivity contribution in [3.8, 4) is 11.5 Å². The van der Waals surface area contributed by atoms with Crippen molar-refractivity contribution in [3.05, 3.63) is 90.3 Å². The predicted molar refractivity (Wildman–Crippen MR) is 113 cm³/mol. The zero-order valence-corrected chi connectivity index (χ0v) is 16.4. The Labute approximate surface area is 170 Å². The number of hydrogen-bond acceptors (Lipinski definition) is 4. The summed E-state index contributed by atoms with van der Waals surface area (Å²) in [5.74, 6) is 2.27. The van der Waals surface area contributed by atoms with Crippen molar-refractivity contribution in [1.82, 2.24) is 9.55 Å². The van der Waals surface area contributed by atoms with Gasteiger partial charge in [-0.25, -0.2) is 4.98 Å². The molecule has 5 heteroatoms. The van der Waals surface area contributed by atoms with E-state index in [1.807, 2.05) is 78.9 Å². The number of aliphatic hydroxyl groups excluding tert-OH is 1. The lowest BCUT2D eigenvalue weighted by atomic mass is 10.1. The SMILES string of the molecule is COc1ccc(OCCCn2c(C(O)c3ccccc3)nc3ccccc32)cc1. The molecule has 0 bridgehead atoms. The summed E-state index contributed by atoms with van der Waals surface area (Å²) in [6.07, 6.45) is 0.0204. The fourth-order valence-electron chi connectivity index (χ4n) is 3.41. The summed E-state index contributed by atoms with van der Waals surface area (Å²) in [7, 11) is 1.65. The van der Waals surface area contributed by atoms with Crippen LogP contribution in [0.5, 0.6) is 11.5 Å². The molecule has 1 atom stereocenters. The van der Waals surface area contributed by atoms with Gasteiger partial charge in [-0.2, -0.15) is 0 Å². The highest BCUT2D eigenvalue weighted by Gasteiger charge is 2.19. The van der Waals surface area contributed by atoms with Gasteiger partial charge in [0.05, 0.1) is 24.8 Å². The number of fused-ring (bicyclic) bond motifs is 1. The first kappa shape index (κ1) is 19.0. The molecule has 0 radical (unpaired) electrons. The molecule has 148 valence electrons. The molecule has 0 aliphatic heterocycles. The first-order chi connectivity index (χ1) is 14.3. The van der Waals surface area contributed by atoms with Gasteiger partial charge in [0.15, 0.2) is 0 Å². The molecule has 3 aromatic carbocycles. The van der Waals surface area contributed by atoms with Crippen LogP contribution >= 0.6 is 0 Å². The number of aromatic nitrogens is 2. The molecule has 1 aromatic heterocycles. The second kappa shape index (κ2) is 8.80. The van der Waals surface area contributed by atoms with E-state index in [-0.39, 0.29) is 0 Å². The Kier molecular flexibility index (Phi) is 5.77. The number of ether oxygens (including phenoxy) is 2. The monoisotopic (exact) mass is 388 g/mol. The summed E-state index contributed by atoms with van der Waals surface area (Å²) in [6, 6.07) is 25.2. The highest BCUT2D eigenvalue weighted by atomic mass is 16.5. The van der Waals surface area contributed by atoms with Crippen molar-refractivity contribution in [1.29, 1.82) is 0 Å². The lowest BCUT2D eigenvalue weighted by Gasteiger charge is -2.15. The number of rotatable bonds is 8. The summed E-state index contributed by atoms with van der Waals surface area (Å²) < 4.78 is 13.1. The van der Waals surface area contributed by atoms with Crippen LogP contribution in [0, 0.1) is 0 Å². The van der Waals surface area contributed by atoms with Gasteiger partial charge < -0.3 is 19.1 Å². The largest absolute Gasteiger partial charge is 0.497 e.